The number of amides is 8. The molecule has 8 amide bonds. The Hall–Kier alpha value is -7.56. The molecular formula is C104H180N20O8. The van der Waals surface area contributed by atoms with Crippen LogP contribution in [0.4, 0.5) is 0 Å². The predicted molar refractivity (Wildman–Crippen MR) is 527 cm³/mol. The van der Waals surface area contributed by atoms with Gasteiger partial charge in [-0.25, -0.2) is 19.9 Å². The number of carbonyl (C=O) groups is 8. The van der Waals surface area contributed by atoms with Gasteiger partial charge in [0.25, 0.3) is 0 Å². The van der Waals surface area contributed by atoms with Crippen LogP contribution in [0.5, 0.6) is 0 Å². The van der Waals surface area contributed by atoms with Gasteiger partial charge in [-0.3, -0.25) is 38.4 Å². The molecule has 0 radical (unpaired) electrons. The first-order valence-electron chi connectivity index (χ1n) is 52.2. The Labute approximate surface area is 795 Å². The Morgan fingerprint density at radius 3 is 0.826 bits per heavy atom. The summed E-state index contributed by atoms with van der Waals surface area (Å²) >= 11 is 0. The van der Waals surface area contributed by atoms with Gasteiger partial charge in [0.2, 0.25) is 47.3 Å². The average molecular weight is 1840 g/mol. The zero-order chi connectivity index (χ0) is 96.2. The van der Waals surface area contributed by atoms with Crippen LogP contribution in [0.25, 0.3) is 0 Å². The van der Waals surface area contributed by atoms with Crippen molar-refractivity contribution in [1.82, 2.24) is 98.7 Å². The number of carbonyl (C=O) groups excluding carboxylic acids is 8. The minimum atomic E-state index is -0.342. The molecule has 8 aliphatic heterocycles. The number of piperazine rings is 4. The number of rotatable bonds is 38. The van der Waals surface area contributed by atoms with Gasteiger partial charge >= 0.3 is 0 Å². The topological polar surface area (TPSA) is 282 Å². The van der Waals surface area contributed by atoms with E-state index in [1.54, 1.807) is 0 Å². The van der Waals surface area contributed by atoms with Crippen LogP contribution < -0.4 is 21.3 Å². The van der Waals surface area contributed by atoms with Gasteiger partial charge in [-0.2, -0.15) is 0 Å². The summed E-state index contributed by atoms with van der Waals surface area (Å²) in [5, 5.41) is 13.5. The zero-order valence-electron chi connectivity index (χ0n) is 86.0. The molecule has 0 unspecified atom stereocenters. The van der Waals surface area contributed by atoms with E-state index >= 15 is 0 Å². The fourth-order valence-electron chi connectivity index (χ4n) is 21.3. The summed E-state index contributed by atoms with van der Waals surface area (Å²) in [6.07, 6.45) is 35.0. The highest BCUT2D eigenvalue weighted by atomic mass is 16.2. The Balaban J connectivity index is 0.000000198. The summed E-state index contributed by atoms with van der Waals surface area (Å²) < 4.78 is 9.00. The van der Waals surface area contributed by atoms with Crippen LogP contribution in [-0.4, -0.2) is 278 Å². The Morgan fingerprint density at radius 2 is 0.568 bits per heavy atom. The van der Waals surface area contributed by atoms with E-state index in [2.05, 4.69) is 230 Å². The van der Waals surface area contributed by atoms with Crippen molar-refractivity contribution in [2.45, 2.75) is 361 Å². The number of piperidine rings is 4. The highest BCUT2D eigenvalue weighted by Gasteiger charge is 2.45. The molecule has 0 bridgehead atoms. The number of likely N-dealkylation sites (tertiary alicyclic amines) is 4. The lowest BCUT2D eigenvalue weighted by Gasteiger charge is -2.42. The maximum absolute atomic E-state index is 13.7. The quantitative estimate of drug-likeness (QED) is 0.0324. The smallest absolute Gasteiger partial charge is 0.245 e. The number of nitrogens with one attached hydrogen (secondary N) is 4. The summed E-state index contributed by atoms with van der Waals surface area (Å²) in [6.45, 7) is 62.1. The fourth-order valence-corrected chi connectivity index (χ4v) is 21.3. The third kappa shape index (κ3) is 32.0. The van der Waals surface area contributed by atoms with Crippen LogP contribution >= 0.6 is 0 Å². The van der Waals surface area contributed by atoms with Gasteiger partial charge in [0.15, 0.2) is 0 Å². The van der Waals surface area contributed by atoms with E-state index in [1.807, 2.05) is 70.2 Å². The number of hydrogen-bond acceptors (Lipinski definition) is 16. The molecule has 8 atom stereocenters. The van der Waals surface area contributed by atoms with E-state index in [9.17, 15) is 38.4 Å². The van der Waals surface area contributed by atoms with Crippen molar-refractivity contribution < 1.29 is 38.4 Å². The maximum Gasteiger partial charge on any atom is 0.245 e. The molecule has 0 saturated carbocycles. The predicted octanol–water partition coefficient (Wildman–Crippen LogP) is 13.4. The molecule has 744 valence electrons. The molecule has 12 rings (SSSR count). The highest BCUT2D eigenvalue weighted by Crippen LogP contribution is 2.33. The molecule has 4 N–H and O–H groups in total. The molecule has 12 heterocycles. The minimum absolute atomic E-state index is 0.101. The minimum Gasteiger partial charge on any atom is -0.341 e. The van der Waals surface area contributed by atoms with E-state index in [0.29, 0.717) is 109 Å². The van der Waals surface area contributed by atoms with Crippen LogP contribution in [0.3, 0.4) is 0 Å². The Kier molecular flexibility index (Phi) is 43.6. The second-order valence-electron chi connectivity index (χ2n) is 44.0. The number of aryl methyl sites for hydroxylation is 2. The fraction of sp³-hybridized carbons (Fsp3) is 0.808. The summed E-state index contributed by atoms with van der Waals surface area (Å²) in [5.41, 5.74) is 0. The van der Waals surface area contributed by atoms with Gasteiger partial charge in [-0.1, -0.05) is 132 Å². The molecule has 0 aliphatic carbocycles. The third-order valence-corrected chi connectivity index (χ3v) is 28.2. The first-order valence-corrected chi connectivity index (χ1v) is 52.2. The molecule has 0 spiro atoms. The molecule has 28 nitrogen and oxygen atoms in total. The highest BCUT2D eigenvalue weighted by molar-refractivity contribution is 5.93. The summed E-state index contributed by atoms with van der Waals surface area (Å²) in [5.74, 6) is 11.6. The lowest BCUT2D eigenvalue weighted by Crippen LogP contribution is -2.62. The van der Waals surface area contributed by atoms with E-state index in [0.717, 1.165) is 245 Å². The number of aromatic nitrogens is 8. The summed E-state index contributed by atoms with van der Waals surface area (Å²) in [6, 6.07) is -1.62. The zero-order valence-corrected chi connectivity index (χ0v) is 86.0. The molecule has 0 aromatic carbocycles. The third-order valence-electron chi connectivity index (χ3n) is 28.2. The molecule has 8 saturated heterocycles. The van der Waals surface area contributed by atoms with Crippen molar-refractivity contribution in [3.8, 4) is 0 Å². The van der Waals surface area contributed by atoms with Crippen molar-refractivity contribution in [3.05, 3.63) is 72.9 Å². The van der Waals surface area contributed by atoms with E-state index in [-0.39, 0.29) is 95.6 Å². The SMILES string of the molecule is CC(C)C[C@@H]1NCCN([C@@H](CC(C)C)C(=O)N2CCC(Cc3nccn3C(C)C)CC2)C1=O.CC(C)C[C@@H]1NCCN([C@@H](CC(C)C)C(=O)N2CCC(Cc3nccn3CC(C)C)CC2)C1=O.CCCn1ccnc1CC1CCN(C(=O)[C@H](CC(C)C)N2CCN[C@@H](CC(C)C)C2=O)CC1.CCn1ccnc1CC1CCN(C(=O)[C@H](CC(C)C)N2CCN[C@@H](CC(C)C)C2=O)CC1. The molecule has 132 heavy (non-hydrogen) atoms. The van der Waals surface area contributed by atoms with Crippen LogP contribution in [-0.2, 0) is 83.7 Å². The van der Waals surface area contributed by atoms with Gasteiger partial charge in [-0.15, -0.1) is 0 Å². The number of imidazole rings is 4. The Morgan fingerprint density at radius 1 is 0.318 bits per heavy atom. The van der Waals surface area contributed by atoms with Gasteiger partial charge in [0.05, 0.1) is 24.2 Å². The van der Waals surface area contributed by atoms with Crippen molar-refractivity contribution >= 4 is 47.3 Å². The van der Waals surface area contributed by atoms with Crippen molar-refractivity contribution in [1.29, 1.82) is 0 Å². The average Bonchev–Trinajstić information content (AvgIpc) is 1.14. The summed E-state index contributed by atoms with van der Waals surface area (Å²) in [7, 11) is 0. The molecule has 4 aromatic heterocycles. The Bertz CT molecular complexity index is 4130. The first kappa shape index (κ1) is 108. The molecule has 8 fully saturated rings. The molecule has 8 aliphatic rings. The summed E-state index contributed by atoms with van der Waals surface area (Å²) in [4.78, 5) is 142. The van der Waals surface area contributed by atoms with Crippen LogP contribution in [0.1, 0.15) is 291 Å². The van der Waals surface area contributed by atoms with Crippen molar-refractivity contribution in [3.63, 3.8) is 0 Å². The van der Waals surface area contributed by atoms with Crippen molar-refractivity contribution in [2.75, 3.05) is 105 Å². The second kappa shape index (κ2) is 53.2. The monoisotopic (exact) mass is 1840 g/mol. The lowest BCUT2D eigenvalue weighted by molar-refractivity contribution is -0.150. The van der Waals surface area contributed by atoms with Gasteiger partial charge in [0, 0.05) is 206 Å². The van der Waals surface area contributed by atoms with Crippen LogP contribution in [0.15, 0.2) is 49.6 Å². The van der Waals surface area contributed by atoms with Crippen molar-refractivity contribution in [2.24, 2.45) is 76.9 Å². The van der Waals surface area contributed by atoms with Gasteiger partial charge in [-0.05, 0) is 207 Å². The van der Waals surface area contributed by atoms with E-state index in [4.69, 9.17) is 0 Å². The van der Waals surface area contributed by atoms with E-state index in [1.165, 1.54) is 11.6 Å². The van der Waals surface area contributed by atoms with Crippen LogP contribution in [0.2, 0.25) is 0 Å². The largest absolute Gasteiger partial charge is 0.341 e. The maximum atomic E-state index is 13.7. The van der Waals surface area contributed by atoms with Gasteiger partial charge in [0.1, 0.15) is 47.5 Å². The molecule has 28 heteroatoms. The lowest BCUT2D eigenvalue weighted by atomic mass is 9.91. The number of hydrogen-bond donors (Lipinski definition) is 4. The number of nitrogens with zero attached hydrogens (tertiary/aromatic N) is 16. The van der Waals surface area contributed by atoms with E-state index < -0.39 is 0 Å². The molecular weight excluding hydrogens is 1660 g/mol. The normalized spacial score (nSPS) is 21.4. The van der Waals surface area contributed by atoms with Gasteiger partial charge < -0.3 is 78.7 Å². The first-order chi connectivity index (χ1) is 62.9. The van der Waals surface area contributed by atoms with Crippen LogP contribution in [0, 0.1) is 76.9 Å². The standard InChI is InChI=1S/C27H47N5O2.2C26H45N5O2.C25H43N5O2/c1-19(2)15-23-26(33)32(14-10-28-23)24(16-20(3)4)27(34)30-11-7-22(8-12-30)17-25-29-9-13-31(25)18-21(5)6;1-18(2)15-22-25(32)31(14-9-27-22)23(16-19(3)4)26(33)29-11-7-21(8-12-29)17-24-28-10-13-30(24)20(5)6;1-6-11-29-14-9-28-24(29)18-21-7-12-30(13-8-21)26(33)23(17-20(4)5)31-15-10-27-22(25(31)32)16-19(2)3;1-6-28-13-9-27-23(28)17-20-7-11-29(12-8-20)25(32)22(16-19(4)5)30-14-10-26-21(24(30)31)15-18(2)3/h9,13,19-24,28H,7-8,10-12,14-18H2,1-6H3;10,13,18-23,27H,7-9,11-12,14-17H2,1-6H3;9,14,19-23,27H,6-8,10-13,15-18H2,1-5H3;9,13,18-22,26H,6-8,10-12,14-17H2,1-5H3/t23-,24-;2*22-,23-;21-,22-/m0000/s1. The molecule has 4 aromatic rings. The second-order valence-corrected chi connectivity index (χ2v) is 44.0.